The number of hydrogen-bond donors (Lipinski definition) is 4. The van der Waals surface area contributed by atoms with E-state index in [-0.39, 0.29) is 0 Å². The van der Waals surface area contributed by atoms with E-state index in [0.717, 1.165) is 0 Å². The molecule has 1 heterocycles. The van der Waals surface area contributed by atoms with Gasteiger partial charge in [0.25, 0.3) is 0 Å². The van der Waals surface area contributed by atoms with Gasteiger partial charge >= 0.3 is 6.03 Å². The summed E-state index contributed by atoms with van der Waals surface area (Å²) in [6.07, 6.45) is 1.61. The average molecular weight is 195 g/mol. The molecule has 76 valence electrons. The monoisotopic (exact) mass is 195 g/mol. The number of nitrogens with zero attached hydrogens (tertiary/aromatic N) is 1. The number of hydrogen-bond acceptors (Lipinski definition) is 4. The van der Waals surface area contributed by atoms with E-state index in [2.05, 4.69) is 15.6 Å². The quantitative estimate of drug-likeness (QED) is 0.497. The van der Waals surface area contributed by atoms with E-state index in [1.165, 1.54) is 0 Å². The van der Waals surface area contributed by atoms with Crippen LogP contribution < -0.4 is 22.1 Å². The predicted octanol–water partition coefficient (Wildman–Crippen LogP) is -0.256. The second kappa shape index (κ2) is 4.90. The van der Waals surface area contributed by atoms with Gasteiger partial charge in [0, 0.05) is 31.0 Å². The number of urea groups is 1. The maximum Gasteiger partial charge on any atom is 0.312 e. The van der Waals surface area contributed by atoms with Crippen molar-refractivity contribution in [1.29, 1.82) is 0 Å². The molecule has 0 bridgehead atoms. The second-order valence-electron chi connectivity index (χ2n) is 2.69. The van der Waals surface area contributed by atoms with Crippen molar-refractivity contribution in [3.63, 3.8) is 0 Å². The lowest BCUT2D eigenvalue weighted by Gasteiger charge is -2.05. The van der Waals surface area contributed by atoms with Crippen molar-refractivity contribution < 1.29 is 4.79 Å². The van der Waals surface area contributed by atoms with Gasteiger partial charge in [-0.25, -0.2) is 9.78 Å². The van der Waals surface area contributed by atoms with Crippen LogP contribution in [0.1, 0.15) is 0 Å². The molecule has 1 aromatic rings. The molecule has 6 N–H and O–H groups in total. The molecular weight excluding hydrogens is 182 g/mol. The molecule has 0 fully saturated rings. The Labute approximate surface area is 81.7 Å². The van der Waals surface area contributed by atoms with Crippen LogP contribution in [0.5, 0.6) is 0 Å². The van der Waals surface area contributed by atoms with Gasteiger partial charge in [-0.15, -0.1) is 0 Å². The molecule has 0 aliphatic carbocycles. The fraction of sp³-hybridized carbons (Fsp3) is 0.250. The number of primary amides is 1. The van der Waals surface area contributed by atoms with E-state index in [1.54, 1.807) is 18.3 Å². The second-order valence-corrected chi connectivity index (χ2v) is 2.69. The lowest BCUT2D eigenvalue weighted by Crippen LogP contribution is -2.33. The number of anilines is 2. The molecule has 0 aliphatic rings. The minimum atomic E-state index is -0.535. The molecule has 2 amide bonds. The molecule has 1 aromatic heterocycles. The highest BCUT2D eigenvalue weighted by atomic mass is 16.2. The molecule has 0 aliphatic heterocycles. The summed E-state index contributed by atoms with van der Waals surface area (Å²) in [5.74, 6) is 0.677. The third-order valence-electron chi connectivity index (χ3n) is 1.51. The Bertz CT molecular complexity index is 314. The summed E-state index contributed by atoms with van der Waals surface area (Å²) in [7, 11) is 0. The van der Waals surface area contributed by atoms with Crippen molar-refractivity contribution in [1.82, 2.24) is 10.3 Å². The third-order valence-corrected chi connectivity index (χ3v) is 1.51. The molecule has 1 rings (SSSR count). The van der Waals surface area contributed by atoms with Crippen molar-refractivity contribution in [2.75, 3.05) is 24.1 Å². The Balaban J connectivity index is 2.28. The van der Waals surface area contributed by atoms with E-state index in [4.69, 9.17) is 11.5 Å². The Hall–Kier alpha value is -1.98. The molecule has 14 heavy (non-hydrogen) atoms. The molecule has 0 atom stereocenters. The first-order chi connectivity index (χ1) is 6.68. The minimum Gasteiger partial charge on any atom is -0.399 e. The SMILES string of the molecule is NC(=O)NCCNc1cc(N)ccn1. The van der Waals surface area contributed by atoms with Crippen LogP contribution in [0.2, 0.25) is 0 Å². The van der Waals surface area contributed by atoms with E-state index in [1.807, 2.05) is 0 Å². The van der Waals surface area contributed by atoms with E-state index in [0.29, 0.717) is 24.6 Å². The summed E-state index contributed by atoms with van der Waals surface area (Å²) in [5, 5.41) is 5.43. The number of carbonyl (C=O) groups is 1. The molecule has 0 aromatic carbocycles. The topological polar surface area (TPSA) is 106 Å². The van der Waals surface area contributed by atoms with Gasteiger partial charge in [0.1, 0.15) is 5.82 Å². The van der Waals surface area contributed by atoms with Gasteiger partial charge in [-0.2, -0.15) is 0 Å². The van der Waals surface area contributed by atoms with Crippen LogP contribution in [0.25, 0.3) is 0 Å². The van der Waals surface area contributed by atoms with Gasteiger partial charge in [-0.1, -0.05) is 0 Å². The number of amides is 2. The van der Waals surface area contributed by atoms with E-state index >= 15 is 0 Å². The first-order valence-corrected chi connectivity index (χ1v) is 4.17. The zero-order valence-corrected chi connectivity index (χ0v) is 7.66. The number of nitrogens with two attached hydrogens (primary N) is 2. The molecule has 6 heteroatoms. The highest BCUT2D eigenvalue weighted by molar-refractivity contribution is 5.71. The van der Waals surface area contributed by atoms with E-state index in [9.17, 15) is 4.79 Å². The van der Waals surface area contributed by atoms with Crippen molar-refractivity contribution in [2.45, 2.75) is 0 Å². The molecule has 6 nitrogen and oxygen atoms in total. The molecule has 0 radical (unpaired) electrons. The Kier molecular flexibility index (Phi) is 3.54. The van der Waals surface area contributed by atoms with Crippen LogP contribution in [0.3, 0.4) is 0 Å². The number of rotatable bonds is 4. The van der Waals surface area contributed by atoms with Crippen LogP contribution in [0.4, 0.5) is 16.3 Å². The summed E-state index contributed by atoms with van der Waals surface area (Å²) >= 11 is 0. The zero-order valence-electron chi connectivity index (χ0n) is 7.66. The molecule has 0 spiro atoms. The van der Waals surface area contributed by atoms with Crippen molar-refractivity contribution in [2.24, 2.45) is 5.73 Å². The summed E-state index contributed by atoms with van der Waals surface area (Å²) in [6.45, 7) is 1.01. The number of pyridine rings is 1. The van der Waals surface area contributed by atoms with Gasteiger partial charge in [-0.05, 0) is 6.07 Å². The lowest BCUT2D eigenvalue weighted by molar-refractivity contribution is 0.249. The van der Waals surface area contributed by atoms with Crippen LogP contribution in [-0.2, 0) is 0 Å². The summed E-state index contributed by atoms with van der Waals surface area (Å²) in [5.41, 5.74) is 11.1. The Morgan fingerprint density at radius 1 is 1.50 bits per heavy atom. The Morgan fingerprint density at radius 3 is 2.93 bits per heavy atom. The van der Waals surface area contributed by atoms with E-state index < -0.39 is 6.03 Å². The van der Waals surface area contributed by atoms with Gasteiger partial charge in [0.05, 0.1) is 0 Å². The summed E-state index contributed by atoms with van der Waals surface area (Å²) in [6, 6.07) is 2.88. The standard InChI is InChI=1S/C8H13N5O/c9-6-1-2-11-7(5-6)12-3-4-13-8(10)14/h1-2,5H,3-4H2,(H3,9,11,12)(H3,10,13,14). The fourth-order valence-electron chi connectivity index (χ4n) is 0.920. The lowest BCUT2D eigenvalue weighted by atomic mass is 10.4. The third kappa shape index (κ3) is 3.61. The highest BCUT2D eigenvalue weighted by Gasteiger charge is 1.94. The molecule has 0 saturated carbocycles. The minimum absolute atomic E-state index is 0.450. The fourth-order valence-corrected chi connectivity index (χ4v) is 0.920. The molecule has 0 saturated heterocycles. The molecular formula is C8H13N5O. The largest absolute Gasteiger partial charge is 0.399 e. The molecule has 0 unspecified atom stereocenters. The number of nitrogens with one attached hydrogen (secondary N) is 2. The number of nitrogen functional groups attached to an aromatic ring is 1. The van der Waals surface area contributed by atoms with Gasteiger partial charge in [-0.3, -0.25) is 0 Å². The first-order valence-electron chi connectivity index (χ1n) is 4.17. The van der Waals surface area contributed by atoms with Crippen molar-refractivity contribution >= 4 is 17.5 Å². The first kappa shape index (κ1) is 10.1. The van der Waals surface area contributed by atoms with Crippen LogP contribution in [0, 0.1) is 0 Å². The normalized spacial score (nSPS) is 9.43. The predicted molar refractivity (Wildman–Crippen MR) is 54.7 cm³/mol. The highest BCUT2D eigenvalue weighted by Crippen LogP contribution is 2.06. The van der Waals surface area contributed by atoms with Gasteiger partial charge in [0.2, 0.25) is 0 Å². The maximum absolute atomic E-state index is 10.3. The number of carbonyl (C=O) groups excluding carboxylic acids is 1. The smallest absolute Gasteiger partial charge is 0.312 e. The van der Waals surface area contributed by atoms with Crippen LogP contribution in [-0.4, -0.2) is 24.1 Å². The van der Waals surface area contributed by atoms with Crippen molar-refractivity contribution in [3.8, 4) is 0 Å². The van der Waals surface area contributed by atoms with Gasteiger partial charge in [0.15, 0.2) is 0 Å². The van der Waals surface area contributed by atoms with Gasteiger partial charge < -0.3 is 22.1 Å². The maximum atomic E-state index is 10.3. The number of aromatic nitrogens is 1. The average Bonchev–Trinajstić information content (AvgIpc) is 2.12. The van der Waals surface area contributed by atoms with Crippen molar-refractivity contribution in [3.05, 3.63) is 18.3 Å². The Morgan fingerprint density at radius 2 is 2.29 bits per heavy atom. The zero-order chi connectivity index (χ0) is 10.4. The summed E-state index contributed by atoms with van der Waals surface area (Å²) < 4.78 is 0. The van der Waals surface area contributed by atoms with Crippen LogP contribution >= 0.6 is 0 Å². The summed E-state index contributed by atoms with van der Waals surface area (Å²) in [4.78, 5) is 14.3. The van der Waals surface area contributed by atoms with Crippen LogP contribution in [0.15, 0.2) is 18.3 Å².